The Hall–Kier alpha value is -1.62. The normalized spacial score (nSPS) is 27.7. The van der Waals surface area contributed by atoms with E-state index in [-0.39, 0.29) is 11.4 Å². The Kier molecular flexibility index (Phi) is 3.38. The van der Waals surface area contributed by atoms with Crippen molar-refractivity contribution >= 4 is 11.6 Å². The van der Waals surface area contributed by atoms with Gasteiger partial charge in [0.05, 0.1) is 12.1 Å². The summed E-state index contributed by atoms with van der Waals surface area (Å²) in [6.45, 7) is 2.83. The van der Waals surface area contributed by atoms with Gasteiger partial charge in [0.15, 0.2) is 5.96 Å². The summed E-state index contributed by atoms with van der Waals surface area (Å²) >= 11 is 0. The molecule has 5 heteroatoms. The number of hydrogen-bond acceptors (Lipinski definition) is 4. The molecule has 0 aromatic heterocycles. The van der Waals surface area contributed by atoms with Crippen LogP contribution in [0.3, 0.4) is 0 Å². The molecule has 0 saturated carbocycles. The Morgan fingerprint density at radius 1 is 1.30 bits per heavy atom. The molecule has 20 heavy (non-hydrogen) atoms. The quantitative estimate of drug-likeness (QED) is 0.851. The number of guanidine groups is 1. The fraction of sp³-hybridized carbons (Fsp3) is 0.533. The summed E-state index contributed by atoms with van der Waals surface area (Å²) < 4.78 is 13.5. The molecule has 1 fully saturated rings. The zero-order chi connectivity index (χ0) is 14.2. The molecule has 1 spiro atoms. The van der Waals surface area contributed by atoms with E-state index >= 15 is 0 Å². The molecule has 108 valence electrons. The molecule has 0 aliphatic carbocycles. The van der Waals surface area contributed by atoms with Gasteiger partial charge in [0, 0.05) is 12.2 Å². The largest absolute Gasteiger partial charge is 0.369 e. The van der Waals surface area contributed by atoms with Crippen LogP contribution in [0.15, 0.2) is 29.3 Å². The first-order valence-electron chi connectivity index (χ1n) is 7.15. The Bertz CT molecular complexity index is 530. The van der Waals surface area contributed by atoms with Gasteiger partial charge in [-0.25, -0.2) is 4.39 Å². The maximum atomic E-state index is 13.5. The molecular formula is C15H21FN4. The van der Waals surface area contributed by atoms with E-state index in [1.165, 1.54) is 6.07 Å². The minimum absolute atomic E-state index is 0.0807. The monoisotopic (exact) mass is 276 g/mol. The first-order valence-corrected chi connectivity index (χ1v) is 7.15. The van der Waals surface area contributed by atoms with Gasteiger partial charge in [-0.15, -0.1) is 0 Å². The summed E-state index contributed by atoms with van der Waals surface area (Å²) in [4.78, 5) is 8.84. The summed E-state index contributed by atoms with van der Waals surface area (Å²) in [5.74, 6) is 0.281. The van der Waals surface area contributed by atoms with E-state index in [0.29, 0.717) is 12.5 Å². The van der Waals surface area contributed by atoms with Gasteiger partial charge in [-0.2, -0.15) is 0 Å². The standard InChI is InChI=1S/C15H21FN4/c1-19-8-3-6-15(7-9-19)11-18-14(17)20(15)13-5-2-4-12(16)10-13/h2,4-5,10H,3,6-9,11H2,1H3,(H2,17,18). The molecule has 4 nitrogen and oxygen atoms in total. The van der Waals surface area contributed by atoms with Crippen molar-refractivity contribution in [1.82, 2.24) is 4.90 Å². The summed E-state index contributed by atoms with van der Waals surface area (Å²) in [6.07, 6.45) is 3.16. The molecule has 1 atom stereocenters. The van der Waals surface area contributed by atoms with Crippen molar-refractivity contribution in [3.63, 3.8) is 0 Å². The van der Waals surface area contributed by atoms with E-state index < -0.39 is 0 Å². The van der Waals surface area contributed by atoms with Gasteiger partial charge in [0.2, 0.25) is 0 Å². The van der Waals surface area contributed by atoms with Crippen LogP contribution >= 0.6 is 0 Å². The van der Waals surface area contributed by atoms with Crippen molar-refractivity contribution in [2.24, 2.45) is 10.7 Å². The fourth-order valence-electron chi connectivity index (χ4n) is 3.33. The van der Waals surface area contributed by atoms with E-state index in [4.69, 9.17) is 5.73 Å². The number of nitrogens with two attached hydrogens (primary N) is 1. The maximum Gasteiger partial charge on any atom is 0.196 e. The summed E-state index contributed by atoms with van der Waals surface area (Å²) in [7, 11) is 2.14. The molecule has 1 aromatic carbocycles. The summed E-state index contributed by atoms with van der Waals surface area (Å²) in [5.41, 5.74) is 6.82. The Morgan fingerprint density at radius 2 is 2.15 bits per heavy atom. The second kappa shape index (κ2) is 5.05. The van der Waals surface area contributed by atoms with E-state index in [0.717, 1.165) is 38.0 Å². The van der Waals surface area contributed by atoms with Crippen LogP contribution in [0.4, 0.5) is 10.1 Å². The van der Waals surface area contributed by atoms with Crippen LogP contribution in [-0.4, -0.2) is 43.1 Å². The number of hydrogen-bond donors (Lipinski definition) is 1. The molecule has 1 saturated heterocycles. The lowest BCUT2D eigenvalue weighted by Crippen LogP contribution is -2.52. The van der Waals surface area contributed by atoms with Gasteiger partial charge in [-0.3, -0.25) is 4.99 Å². The van der Waals surface area contributed by atoms with Crippen molar-refractivity contribution in [3.8, 4) is 0 Å². The minimum atomic E-state index is -0.233. The first kappa shape index (κ1) is 13.4. The van der Waals surface area contributed by atoms with Crippen molar-refractivity contribution in [3.05, 3.63) is 30.1 Å². The van der Waals surface area contributed by atoms with E-state index in [1.807, 2.05) is 6.07 Å². The molecule has 2 heterocycles. The van der Waals surface area contributed by atoms with Gasteiger partial charge in [-0.05, 0) is 51.1 Å². The number of anilines is 1. The van der Waals surface area contributed by atoms with Crippen LogP contribution in [0.5, 0.6) is 0 Å². The number of halogens is 1. The highest BCUT2D eigenvalue weighted by atomic mass is 19.1. The highest BCUT2D eigenvalue weighted by Gasteiger charge is 2.43. The molecule has 0 amide bonds. The maximum absolute atomic E-state index is 13.5. The van der Waals surface area contributed by atoms with Crippen LogP contribution in [0, 0.1) is 5.82 Å². The zero-order valence-corrected chi connectivity index (χ0v) is 11.8. The third-order valence-corrected chi connectivity index (χ3v) is 4.45. The Morgan fingerprint density at radius 3 is 2.95 bits per heavy atom. The van der Waals surface area contributed by atoms with E-state index in [2.05, 4.69) is 21.8 Å². The predicted molar refractivity (Wildman–Crippen MR) is 79.4 cm³/mol. The second-order valence-electron chi connectivity index (χ2n) is 5.87. The smallest absolute Gasteiger partial charge is 0.196 e. The summed E-state index contributed by atoms with van der Waals surface area (Å²) in [5, 5.41) is 0. The van der Waals surface area contributed by atoms with Crippen LogP contribution in [0.25, 0.3) is 0 Å². The van der Waals surface area contributed by atoms with Gasteiger partial charge in [0.1, 0.15) is 5.82 Å². The highest BCUT2D eigenvalue weighted by Crippen LogP contribution is 2.36. The number of likely N-dealkylation sites (tertiary alicyclic amines) is 1. The van der Waals surface area contributed by atoms with Crippen molar-refractivity contribution in [2.45, 2.75) is 24.8 Å². The molecule has 0 bridgehead atoms. The lowest BCUT2D eigenvalue weighted by Gasteiger charge is -2.38. The molecule has 1 aromatic rings. The third kappa shape index (κ3) is 2.26. The molecule has 1 unspecified atom stereocenters. The molecule has 3 rings (SSSR count). The molecule has 2 aliphatic rings. The first-order chi connectivity index (χ1) is 9.61. The number of benzene rings is 1. The van der Waals surface area contributed by atoms with E-state index in [9.17, 15) is 4.39 Å². The van der Waals surface area contributed by atoms with Crippen LogP contribution < -0.4 is 10.6 Å². The van der Waals surface area contributed by atoms with Crippen LogP contribution in [0.1, 0.15) is 19.3 Å². The van der Waals surface area contributed by atoms with E-state index in [1.54, 1.807) is 12.1 Å². The van der Waals surface area contributed by atoms with Crippen LogP contribution in [-0.2, 0) is 0 Å². The summed E-state index contributed by atoms with van der Waals surface area (Å²) in [6, 6.07) is 6.64. The average Bonchev–Trinajstić information content (AvgIpc) is 2.61. The number of nitrogens with zero attached hydrogens (tertiary/aromatic N) is 3. The van der Waals surface area contributed by atoms with Crippen molar-refractivity contribution in [1.29, 1.82) is 0 Å². The topological polar surface area (TPSA) is 44.9 Å². The lowest BCUT2D eigenvalue weighted by atomic mass is 9.89. The number of aliphatic imine (C=N–C) groups is 1. The average molecular weight is 276 g/mol. The lowest BCUT2D eigenvalue weighted by molar-refractivity contribution is 0.334. The highest BCUT2D eigenvalue weighted by molar-refractivity contribution is 5.98. The van der Waals surface area contributed by atoms with Gasteiger partial charge < -0.3 is 15.5 Å². The fourth-order valence-corrected chi connectivity index (χ4v) is 3.33. The van der Waals surface area contributed by atoms with Crippen molar-refractivity contribution in [2.75, 3.05) is 31.6 Å². The molecule has 0 radical (unpaired) electrons. The van der Waals surface area contributed by atoms with Crippen LogP contribution in [0.2, 0.25) is 0 Å². The predicted octanol–water partition coefficient (Wildman–Crippen LogP) is 1.81. The van der Waals surface area contributed by atoms with Gasteiger partial charge in [0.25, 0.3) is 0 Å². The Balaban J connectivity index is 1.95. The van der Waals surface area contributed by atoms with Crippen molar-refractivity contribution < 1.29 is 4.39 Å². The van der Waals surface area contributed by atoms with Gasteiger partial charge in [-0.1, -0.05) is 6.07 Å². The number of rotatable bonds is 1. The third-order valence-electron chi connectivity index (χ3n) is 4.45. The minimum Gasteiger partial charge on any atom is -0.369 e. The molecule has 2 N–H and O–H groups in total. The zero-order valence-electron chi connectivity index (χ0n) is 11.8. The SMILES string of the molecule is CN1CCCC2(CC1)CN=C(N)N2c1cccc(F)c1. The molecule has 2 aliphatic heterocycles. The van der Waals surface area contributed by atoms with Gasteiger partial charge >= 0.3 is 0 Å². The molecular weight excluding hydrogens is 255 g/mol. The Labute approximate surface area is 119 Å². The second-order valence-corrected chi connectivity index (χ2v) is 5.87.